The minimum Gasteiger partial charge on any atom is -0.468 e. The molecule has 0 atom stereocenters. The monoisotopic (exact) mass is 299 g/mol. The average molecular weight is 299 g/mol. The van der Waals surface area contributed by atoms with Gasteiger partial charge in [-0.3, -0.25) is 14.9 Å². The zero-order valence-electron chi connectivity index (χ0n) is 10.7. The predicted octanol–water partition coefficient (Wildman–Crippen LogP) is 1.46. The molecule has 0 amide bonds. The molecule has 108 valence electrons. The number of rotatable bonds is 4. The summed E-state index contributed by atoms with van der Waals surface area (Å²) in [6.45, 7) is 0. The third kappa shape index (κ3) is 1.96. The van der Waals surface area contributed by atoms with Gasteiger partial charge in [0.05, 0.1) is 16.9 Å². The second kappa shape index (κ2) is 4.86. The summed E-state index contributed by atoms with van der Waals surface area (Å²) < 4.78 is 28.2. The molecule has 0 aromatic heterocycles. The van der Waals surface area contributed by atoms with Gasteiger partial charge in [-0.25, -0.2) is 8.42 Å². The lowest BCUT2D eigenvalue weighted by Crippen LogP contribution is -2.52. The van der Waals surface area contributed by atoms with Gasteiger partial charge in [-0.1, -0.05) is 0 Å². The topological polar surface area (TPSA) is 104 Å². The minimum atomic E-state index is -3.91. The van der Waals surface area contributed by atoms with Crippen LogP contribution in [0, 0.1) is 10.1 Å². The Hall–Kier alpha value is -1.96. The quantitative estimate of drug-likeness (QED) is 0.473. The Balaban J connectivity index is 2.44. The number of sulfone groups is 1. The van der Waals surface area contributed by atoms with E-state index in [0.29, 0.717) is 6.42 Å². The Morgan fingerprint density at radius 3 is 2.20 bits per heavy atom. The number of hydrogen-bond acceptors (Lipinski definition) is 6. The highest BCUT2D eigenvalue weighted by Crippen LogP contribution is 2.43. The molecule has 0 unspecified atom stereocenters. The zero-order chi connectivity index (χ0) is 15.0. The minimum absolute atomic E-state index is 0.104. The summed E-state index contributed by atoms with van der Waals surface area (Å²) in [7, 11) is -2.77. The van der Waals surface area contributed by atoms with Crippen molar-refractivity contribution in [3.05, 3.63) is 34.4 Å². The molecule has 0 spiro atoms. The molecular formula is C12H13NO6S. The van der Waals surface area contributed by atoms with Crippen molar-refractivity contribution in [1.29, 1.82) is 0 Å². The van der Waals surface area contributed by atoms with Crippen molar-refractivity contribution in [2.24, 2.45) is 0 Å². The van der Waals surface area contributed by atoms with E-state index in [-0.39, 0.29) is 23.4 Å². The first-order chi connectivity index (χ1) is 9.35. The Labute approximate surface area is 115 Å². The van der Waals surface area contributed by atoms with E-state index in [0.717, 1.165) is 31.4 Å². The summed E-state index contributed by atoms with van der Waals surface area (Å²) in [6, 6.07) is 4.51. The van der Waals surface area contributed by atoms with E-state index in [1.54, 1.807) is 0 Å². The van der Waals surface area contributed by atoms with Crippen molar-refractivity contribution in [3.63, 3.8) is 0 Å². The summed E-state index contributed by atoms with van der Waals surface area (Å²) >= 11 is 0. The van der Waals surface area contributed by atoms with Crippen molar-refractivity contribution in [2.45, 2.75) is 28.9 Å². The predicted molar refractivity (Wildman–Crippen MR) is 68.9 cm³/mol. The van der Waals surface area contributed by atoms with Gasteiger partial charge in [0, 0.05) is 12.1 Å². The number of non-ortho nitro benzene ring substituents is 1. The molecular weight excluding hydrogens is 286 g/mol. The SMILES string of the molecule is COC(=O)C1(S(=O)(=O)c2ccc([N+](=O)[O-])cc2)CCC1. The Kier molecular flexibility index (Phi) is 3.51. The van der Waals surface area contributed by atoms with Crippen LogP contribution in [0.1, 0.15) is 19.3 Å². The summed E-state index contributed by atoms with van der Waals surface area (Å²) in [6.07, 6.45) is 1.04. The van der Waals surface area contributed by atoms with Crippen LogP contribution >= 0.6 is 0 Å². The second-order valence-corrected chi connectivity index (χ2v) is 6.85. The van der Waals surface area contributed by atoms with Crippen LogP contribution in [-0.2, 0) is 19.4 Å². The van der Waals surface area contributed by atoms with E-state index in [4.69, 9.17) is 0 Å². The number of hydrogen-bond donors (Lipinski definition) is 0. The third-order valence-corrected chi connectivity index (χ3v) is 6.09. The first-order valence-electron chi connectivity index (χ1n) is 5.93. The maximum absolute atomic E-state index is 12.5. The molecule has 0 heterocycles. The normalized spacial score (nSPS) is 17.1. The molecule has 2 rings (SSSR count). The number of nitro groups is 1. The fourth-order valence-electron chi connectivity index (χ4n) is 2.24. The van der Waals surface area contributed by atoms with Crippen LogP contribution in [0.4, 0.5) is 5.69 Å². The molecule has 8 heteroatoms. The van der Waals surface area contributed by atoms with Gasteiger partial charge in [-0.15, -0.1) is 0 Å². The number of benzene rings is 1. The number of nitro benzene ring substituents is 1. The fraction of sp³-hybridized carbons (Fsp3) is 0.417. The largest absolute Gasteiger partial charge is 0.468 e. The second-order valence-electron chi connectivity index (χ2n) is 4.59. The lowest BCUT2D eigenvalue weighted by atomic mass is 9.84. The van der Waals surface area contributed by atoms with Gasteiger partial charge < -0.3 is 4.74 Å². The van der Waals surface area contributed by atoms with Gasteiger partial charge in [0.15, 0.2) is 14.6 Å². The molecule has 1 fully saturated rings. The highest BCUT2D eigenvalue weighted by atomic mass is 32.2. The summed E-state index contributed by atoms with van der Waals surface area (Å²) in [4.78, 5) is 21.6. The van der Waals surface area contributed by atoms with Gasteiger partial charge in [0.25, 0.3) is 5.69 Å². The first kappa shape index (κ1) is 14.4. The number of carbonyl (C=O) groups excluding carboxylic acids is 1. The van der Waals surface area contributed by atoms with Crippen LogP contribution in [-0.4, -0.2) is 31.2 Å². The van der Waals surface area contributed by atoms with E-state index >= 15 is 0 Å². The summed E-state index contributed by atoms with van der Waals surface area (Å²) in [5.74, 6) is -0.776. The molecule has 1 aromatic rings. The van der Waals surface area contributed by atoms with E-state index in [2.05, 4.69) is 4.74 Å². The maximum Gasteiger partial charge on any atom is 0.327 e. The molecule has 0 saturated heterocycles. The van der Waals surface area contributed by atoms with E-state index in [1.807, 2.05) is 0 Å². The van der Waals surface area contributed by atoms with E-state index < -0.39 is 25.5 Å². The highest BCUT2D eigenvalue weighted by molar-refractivity contribution is 7.93. The number of ether oxygens (including phenoxy) is 1. The molecule has 0 N–H and O–H groups in total. The van der Waals surface area contributed by atoms with Crippen molar-refractivity contribution in [3.8, 4) is 0 Å². The number of carbonyl (C=O) groups is 1. The first-order valence-corrected chi connectivity index (χ1v) is 7.41. The van der Waals surface area contributed by atoms with Gasteiger partial charge >= 0.3 is 5.97 Å². The summed E-state index contributed by atoms with van der Waals surface area (Å²) in [5.41, 5.74) is -0.204. The Morgan fingerprint density at radius 1 is 1.30 bits per heavy atom. The van der Waals surface area contributed by atoms with Crippen molar-refractivity contribution < 1.29 is 22.9 Å². The Morgan fingerprint density at radius 2 is 1.85 bits per heavy atom. The smallest absolute Gasteiger partial charge is 0.327 e. The third-order valence-electron chi connectivity index (χ3n) is 3.59. The molecule has 1 aromatic carbocycles. The van der Waals surface area contributed by atoms with Crippen molar-refractivity contribution in [1.82, 2.24) is 0 Å². The van der Waals surface area contributed by atoms with Gasteiger partial charge in [0.1, 0.15) is 0 Å². The van der Waals surface area contributed by atoms with Crippen LogP contribution in [0.25, 0.3) is 0 Å². The number of esters is 1. The maximum atomic E-state index is 12.5. The molecule has 0 radical (unpaired) electrons. The highest BCUT2D eigenvalue weighted by Gasteiger charge is 2.56. The molecule has 0 aliphatic heterocycles. The number of methoxy groups -OCH3 is 1. The molecule has 1 saturated carbocycles. The average Bonchev–Trinajstić information content (AvgIpc) is 2.36. The van der Waals surface area contributed by atoms with Crippen molar-refractivity contribution >= 4 is 21.5 Å². The van der Waals surface area contributed by atoms with E-state index in [1.165, 1.54) is 0 Å². The van der Waals surface area contributed by atoms with Crippen LogP contribution < -0.4 is 0 Å². The standard InChI is InChI=1S/C12H13NO6S/c1-19-11(14)12(7-2-8-12)20(17,18)10-5-3-9(4-6-10)13(15)16/h3-6H,2,7-8H2,1H3. The van der Waals surface area contributed by atoms with Gasteiger partial charge in [-0.05, 0) is 31.4 Å². The summed E-state index contributed by atoms with van der Waals surface area (Å²) in [5, 5.41) is 10.6. The molecule has 1 aliphatic rings. The van der Waals surface area contributed by atoms with Crippen LogP contribution in [0.2, 0.25) is 0 Å². The van der Waals surface area contributed by atoms with Crippen LogP contribution in [0.15, 0.2) is 29.2 Å². The lowest BCUT2D eigenvalue weighted by Gasteiger charge is -2.37. The fourth-order valence-corrected chi connectivity index (χ4v) is 4.31. The molecule has 20 heavy (non-hydrogen) atoms. The lowest BCUT2D eigenvalue weighted by molar-refractivity contribution is -0.384. The van der Waals surface area contributed by atoms with E-state index in [9.17, 15) is 23.3 Å². The van der Waals surface area contributed by atoms with Crippen molar-refractivity contribution in [2.75, 3.05) is 7.11 Å². The van der Waals surface area contributed by atoms with Crippen LogP contribution in [0.3, 0.4) is 0 Å². The van der Waals surface area contributed by atoms with Crippen LogP contribution in [0.5, 0.6) is 0 Å². The molecule has 0 bridgehead atoms. The molecule has 7 nitrogen and oxygen atoms in total. The number of nitrogens with zero attached hydrogens (tertiary/aromatic N) is 1. The molecule has 1 aliphatic carbocycles. The Bertz CT molecular complexity index is 645. The van der Waals surface area contributed by atoms with Gasteiger partial charge in [0.2, 0.25) is 0 Å². The zero-order valence-corrected chi connectivity index (χ0v) is 11.6. The van der Waals surface area contributed by atoms with Gasteiger partial charge in [-0.2, -0.15) is 0 Å².